The van der Waals surface area contributed by atoms with E-state index < -0.39 is 40.4 Å². The maximum Gasteiger partial charge on any atom is 0.355 e. The molecule has 2 aliphatic rings. The number of rotatable bonds is 6. The highest BCUT2D eigenvalue weighted by molar-refractivity contribution is 5.97. The van der Waals surface area contributed by atoms with Crippen LogP contribution in [0.3, 0.4) is 0 Å². The topological polar surface area (TPSA) is 104 Å². The van der Waals surface area contributed by atoms with Gasteiger partial charge in [0.2, 0.25) is 5.91 Å². The molecule has 4 aromatic rings. The first kappa shape index (κ1) is 31.2. The standard InChI is InChI=1S/C34H36F2N6O4/c1-7-25(44)40-11-12-41-21(16-40)17-46-31-27-32(41)38-34(45)42(30-19(4)13-20(15-39(5)6)14-22(30)18(2)3)33(27)37-29(28(31)36)26-23(35)9-8-10-24(26)43/h7-10,13-14,18,21,43H,1,11-12,15-17H2,2-6H3/t21-/m1/s1. The van der Waals surface area contributed by atoms with Gasteiger partial charge >= 0.3 is 5.69 Å². The lowest BCUT2D eigenvalue weighted by Crippen LogP contribution is -2.56. The summed E-state index contributed by atoms with van der Waals surface area (Å²) in [6.07, 6.45) is 1.23. The monoisotopic (exact) mass is 630 g/mol. The summed E-state index contributed by atoms with van der Waals surface area (Å²) in [6, 6.07) is 7.19. The number of phenolic OH excluding ortho intramolecular Hbond substituents is 1. The van der Waals surface area contributed by atoms with Gasteiger partial charge in [-0.3, -0.25) is 4.79 Å². The number of aromatic nitrogens is 3. The summed E-state index contributed by atoms with van der Waals surface area (Å²) >= 11 is 0. The fourth-order valence-corrected chi connectivity index (χ4v) is 6.51. The Morgan fingerprint density at radius 1 is 1.22 bits per heavy atom. The SMILES string of the molecule is C=CC(=O)N1CCN2c3nc(=O)n(-c4c(C)cc(CN(C)C)cc4C(C)C)c4nc(-c5c(O)cccc5F)c(F)c(c34)OC[C@H]2C1. The fourth-order valence-electron chi connectivity index (χ4n) is 6.51. The van der Waals surface area contributed by atoms with E-state index in [4.69, 9.17) is 4.74 Å². The van der Waals surface area contributed by atoms with E-state index in [1.807, 2.05) is 56.8 Å². The number of halogens is 2. The number of carbonyl (C=O) groups is 1. The zero-order valence-corrected chi connectivity index (χ0v) is 26.5. The Bertz CT molecular complexity index is 1940. The van der Waals surface area contributed by atoms with E-state index in [0.717, 1.165) is 22.8 Å². The van der Waals surface area contributed by atoms with Gasteiger partial charge in [-0.15, -0.1) is 0 Å². The van der Waals surface area contributed by atoms with Gasteiger partial charge in [0.15, 0.2) is 17.2 Å². The van der Waals surface area contributed by atoms with Crippen molar-refractivity contribution in [2.45, 2.75) is 39.3 Å². The van der Waals surface area contributed by atoms with Crippen molar-refractivity contribution >= 4 is 22.8 Å². The number of fused-ring (bicyclic) bond motifs is 2. The van der Waals surface area contributed by atoms with Crippen LogP contribution in [0.15, 0.2) is 47.8 Å². The molecule has 1 saturated heterocycles. The predicted octanol–water partition coefficient (Wildman–Crippen LogP) is 4.52. The van der Waals surface area contributed by atoms with Gasteiger partial charge in [-0.05, 0) is 61.8 Å². The number of carbonyl (C=O) groups excluding carboxylic acids is 1. The van der Waals surface area contributed by atoms with E-state index in [1.54, 1.807) is 4.90 Å². The number of phenols is 1. The molecule has 4 heterocycles. The number of piperazine rings is 1. The molecule has 10 nitrogen and oxygen atoms in total. The van der Waals surface area contributed by atoms with Gasteiger partial charge in [0.05, 0.1) is 17.3 Å². The summed E-state index contributed by atoms with van der Waals surface area (Å²) in [6.45, 7) is 11.0. The Morgan fingerprint density at radius 3 is 2.65 bits per heavy atom. The van der Waals surface area contributed by atoms with Crippen molar-refractivity contribution in [3.05, 3.63) is 81.8 Å². The average molecular weight is 631 g/mol. The first-order valence-corrected chi connectivity index (χ1v) is 15.1. The quantitative estimate of drug-likeness (QED) is 0.311. The molecule has 0 radical (unpaired) electrons. The molecule has 2 aromatic heterocycles. The van der Waals surface area contributed by atoms with Crippen LogP contribution in [0.25, 0.3) is 28.0 Å². The number of aryl methyl sites for hydroxylation is 1. The van der Waals surface area contributed by atoms with E-state index in [-0.39, 0.29) is 47.6 Å². The predicted molar refractivity (Wildman–Crippen MR) is 172 cm³/mol. The minimum absolute atomic E-state index is 0.0136. The van der Waals surface area contributed by atoms with Crippen molar-refractivity contribution in [2.75, 3.05) is 45.2 Å². The summed E-state index contributed by atoms with van der Waals surface area (Å²) < 4.78 is 39.3. The van der Waals surface area contributed by atoms with Gasteiger partial charge in [-0.1, -0.05) is 38.6 Å². The lowest BCUT2D eigenvalue weighted by atomic mass is 9.94. The third kappa shape index (κ3) is 5.16. The minimum atomic E-state index is -0.998. The van der Waals surface area contributed by atoms with Crippen molar-refractivity contribution in [3.8, 4) is 28.4 Å². The van der Waals surface area contributed by atoms with Crippen molar-refractivity contribution in [1.29, 1.82) is 0 Å². The third-order valence-corrected chi connectivity index (χ3v) is 8.53. The Hall–Kier alpha value is -4.84. The maximum absolute atomic E-state index is 16.6. The molecule has 1 fully saturated rings. The van der Waals surface area contributed by atoms with Gasteiger partial charge in [0, 0.05) is 26.2 Å². The van der Waals surface area contributed by atoms with Crippen molar-refractivity contribution in [3.63, 3.8) is 0 Å². The zero-order valence-electron chi connectivity index (χ0n) is 26.5. The highest BCUT2D eigenvalue weighted by Gasteiger charge is 2.38. The molecule has 0 unspecified atom stereocenters. The van der Waals surface area contributed by atoms with Crippen molar-refractivity contribution < 1.29 is 23.4 Å². The van der Waals surface area contributed by atoms with Crippen LogP contribution in [0.5, 0.6) is 11.5 Å². The van der Waals surface area contributed by atoms with E-state index >= 15 is 8.78 Å². The molecule has 2 aromatic carbocycles. The first-order chi connectivity index (χ1) is 21.9. The molecule has 2 aliphatic heterocycles. The van der Waals surface area contributed by atoms with E-state index in [9.17, 15) is 14.7 Å². The number of aromatic hydroxyl groups is 1. The zero-order chi connectivity index (χ0) is 33.0. The summed E-state index contributed by atoms with van der Waals surface area (Å²) in [7, 11) is 3.95. The van der Waals surface area contributed by atoms with Gasteiger partial charge in [0.1, 0.15) is 35.1 Å². The van der Waals surface area contributed by atoms with Crippen LogP contribution in [0, 0.1) is 18.6 Å². The van der Waals surface area contributed by atoms with Crippen LogP contribution in [0.1, 0.15) is 36.5 Å². The summed E-state index contributed by atoms with van der Waals surface area (Å²) in [5.74, 6) is -2.78. The minimum Gasteiger partial charge on any atom is -0.507 e. The molecule has 240 valence electrons. The number of hydrogen-bond donors (Lipinski definition) is 1. The van der Waals surface area contributed by atoms with Crippen molar-refractivity contribution in [2.24, 2.45) is 0 Å². The fraction of sp³-hybridized carbons (Fsp3) is 0.353. The second kappa shape index (κ2) is 11.8. The van der Waals surface area contributed by atoms with Crippen LogP contribution in [-0.4, -0.2) is 81.7 Å². The number of pyridine rings is 1. The Morgan fingerprint density at radius 2 is 1.98 bits per heavy atom. The number of amides is 1. The number of anilines is 1. The number of nitrogens with zero attached hydrogens (tertiary/aromatic N) is 6. The molecule has 0 bridgehead atoms. The molecular weight excluding hydrogens is 594 g/mol. The Balaban J connectivity index is 1.70. The number of ether oxygens (including phenoxy) is 1. The molecule has 1 atom stereocenters. The van der Waals surface area contributed by atoms with Crippen LogP contribution in [0.2, 0.25) is 0 Å². The lowest BCUT2D eigenvalue weighted by molar-refractivity contribution is -0.126. The molecule has 12 heteroatoms. The first-order valence-electron chi connectivity index (χ1n) is 15.1. The van der Waals surface area contributed by atoms with E-state index in [0.29, 0.717) is 25.3 Å². The second-order valence-electron chi connectivity index (χ2n) is 12.4. The Kier molecular flexibility index (Phi) is 8.01. The van der Waals surface area contributed by atoms with Gasteiger partial charge in [-0.2, -0.15) is 4.98 Å². The maximum atomic E-state index is 16.6. The molecular formula is C34H36F2N6O4. The third-order valence-electron chi connectivity index (χ3n) is 8.53. The Labute approximate surface area is 265 Å². The van der Waals surface area contributed by atoms with Crippen LogP contribution in [-0.2, 0) is 11.3 Å². The smallest absolute Gasteiger partial charge is 0.355 e. The largest absolute Gasteiger partial charge is 0.507 e. The van der Waals surface area contributed by atoms with Crippen LogP contribution < -0.4 is 15.3 Å². The van der Waals surface area contributed by atoms with E-state index in [2.05, 4.69) is 16.5 Å². The molecule has 1 amide bonds. The average Bonchev–Trinajstić information content (AvgIpc) is 3.16. The van der Waals surface area contributed by atoms with Gasteiger partial charge in [-0.25, -0.2) is 23.1 Å². The molecule has 0 spiro atoms. The van der Waals surface area contributed by atoms with Crippen LogP contribution in [0.4, 0.5) is 14.6 Å². The molecule has 46 heavy (non-hydrogen) atoms. The lowest BCUT2D eigenvalue weighted by Gasteiger charge is -2.40. The van der Waals surface area contributed by atoms with Gasteiger partial charge < -0.3 is 24.5 Å². The molecule has 6 rings (SSSR count). The summed E-state index contributed by atoms with van der Waals surface area (Å²) in [5, 5.41) is 10.8. The molecule has 1 N–H and O–H groups in total. The van der Waals surface area contributed by atoms with E-state index in [1.165, 1.54) is 22.8 Å². The second-order valence-corrected chi connectivity index (χ2v) is 12.4. The highest BCUT2D eigenvalue weighted by Crippen LogP contribution is 2.44. The van der Waals surface area contributed by atoms with Crippen molar-refractivity contribution in [1.82, 2.24) is 24.3 Å². The summed E-state index contributed by atoms with van der Waals surface area (Å²) in [4.78, 5) is 41.3. The highest BCUT2D eigenvalue weighted by atomic mass is 19.1. The van der Waals surface area contributed by atoms with Gasteiger partial charge in [0.25, 0.3) is 0 Å². The van der Waals surface area contributed by atoms with Crippen LogP contribution >= 0.6 is 0 Å². The molecule has 0 saturated carbocycles. The number of hydrogen-bond acceptors (Lipinski definition) is 8. The summed E-state index contributed by atoms with van der Waals surface area (Å²) in [5.41, 5.74) is 1.61. The number of benzene rings is 2. The normalized spacial score (nSPS) is 16.1. The molecule has 0 aliphatic carbocycles.